The van der Waals surface area contributed by atoms with Gasteiger partial charge in [0.05, 0.1) is 0 Å². The molecule has 0 atom stereocenters. The van der Waals surface area contributed by atoms with Crippen molar-refractivity contribution in [3.05, 3.63) is 12.2 Å². The van der Waals surface area contributed by atoms with Crippen LogP contribution in [0.15, 0.2) is 12.2 Å². The first-order valence-electron chi connectivity index (χ1n) is 8.05. The number of carboxylic acid groups (broad SMARTS) is 1. The Kier molecular flexibility index (Phi) is 13.1. The summed E-state index contributed by atoms with van der Waals surface area (Å²) in [5, 5.41) is 8.53. The summed E-state index contributed by atoms with van der Waals surface area (Å²) >= 11 is 0. The molecule has 0 fully saturated rings. The Labute approximate surface area is 119 Å². The Morgan fingerprint density at radius 3 is 1.74 bits per heavy atom. The van der Waals surface area contributed by atoms with Crippen molar-refractivity contribution in [1.29, 1.82) is 0 Å². The number of aliphatic carboxylic acids is 1. The molecule has 0 spiro atoms. The average Bonchev–Trinajstić information content (AvgIpc) is 2.37. The van der Waals surface area contributed by atoms with Crippen molar-refractivity contribution in [2.24, 2.45) is 0 Å². The van der Waals surface area contributed by atoms with E-state index in [1.165, 1.54) is 50.5 Å². The molecule has 0 aromatic carbocycles. The fourth-order valence-corrected chi connectivity index (χ4v) is 2.29. The Morgan fingerprint density at radius 2 is 1.21 bits per heavy atom. The molecular weight excluding hydrogens is 236 g/mol. The zero-order valence-electron chi connectivity index (χ0n) is 12.8. The Morgan fingerprint density at radius 1 is 0.789 bits per heavy atom. The number of unbranched alkanes of at least 4 members (excludes halogenated alkanes) is 8. The summed E-state index contributed by atoms with van der Waals surface area (Å²) < 4.78 is 0. The molecule has 0 saturated carbocycles. The van der Waals surface area contributed by atoms with Crippen LogP contribution >= 0.6 is 0 Å². The summed E-state index contributed by atoms with van der Waals surface area (Å²) in [5.74, 6) is -0.679. The fraction of sp³-hybridized carbons (Fsp3) is 0.824. The van der Waals surface area contributed by atoms with Crippen LogP contribution < -0.4 is 0 Å². The summed E-state index contributed by atoms with van der Waals surface area (Å²) in [6.07, 6.45) is 14.9. The molecule has 0 aliphatic carbocycles. The third-order valence-corrected chi connectivity index (χ3v) is 3.55. The van der Waals surface area contributed by atoms with E-state index in [0.717, 1.165) is 32.1 Å². The summed E-state index contributed by atoms with van der Waals surface area (Å²) in [6, 6.07) is 0. The van der Waals surface area contributed by atoms with Crippen molar-refractivity contribution >= 4 is 5.97 Å². The van der Waals surface area contributed by atoms with E-state index in [0.29, 0.717) is 6.42 Å². The van der Waals surface area contributed by atoms with Crippen LogP contribution in [0.4, 0.5) is 0 Å². The van der Waals surface area contributed by atoms with Gasteiger partial charge in [-0.15, -0.1) is 0 Å². The Balaban J connectivity index is 3.19. The van der Waals surface area contributed by atoms with Crippen LogP contribution in [0.25, 0.3) is 0 Å². The maximum absolute atomic E-state index is 10.3. The summed E-state index contributed by atoms with van der Waals surface area (Å²) in [4.78, 5) is 10.3. The highest BCUT2D eigenvalue weighted by Gasteiger charge is 1.99. The molecule has 2 nitrogen and oxygen atoms in total. The molecule has 2 heteroatoms. The first kappa shape index (κ1) is 18.2. The average molecular weight is 268 g/mol. The summed E-state index contributed by atoms with van der Waals surface area (Å²) in [6.45, 7) is 6.37. The highest BCUT2D eigenvalue weighted by Crippen LogP contribution is 2.16. The largest absolute Gasteiger partial charge is 0.481 e. The van der Waals surface area contributed by atoms with Gasteiger partial charge in [-0.2, -0.15) is 0 Å². The highest BCUT2D eigenvalue weighted by molar-refractivity contribution is 5.66. The number of carboxylic acids is 1. The van der Waals surface area contributed by atoms with Gasteiger partial charge in [0.15, 0.2) is 0 Å². The number of hydrogen-bond donors (Lipinski definition) is 1. The monoisotopic (exact) mass is 268 g/mol. The molecule has 0 radical (unpaired) electrons. The van der Waals surface area contributed by atoms with Gasteiger partial charge in [-0.05, 0) is 32.1 Å². The van der Waals surface area contributed by atoms with Crippen LogP contribution in [0.5, 0.6) is 0 Å². The molecule has 0 aromatic heterocycles. The maximum atomic E-state index is 10.3. The molecule has 0 heterocycles. The van der Waals surface area contributed by atoms with Crippen LogP contribution in [0, 0.1) is 0 Å². The van der Waals surface area contributed by atoms with E-state index in [2.05, 4.69) is 13.5 Å². The first-order valence-corrected chi connectivity index (χ1v) is 8.05. The van der Waals surface area contributed by atoms with Gasteiger partial charge in [-0.1, -0.05) is 64.0 Å². The van der Waals surface area contributed by atoms with Crippen LogP contribution in [-0.4, -0.2) is 11.1 Å². The van der Waals surface area contributed by atoms with Crippen molar-refractivity contribution in [2.75, 3.05) is 0 Å². The lowest BCUT2D eigenvalue weighted by Gasteiger charge is -2.05. The van der Waals surface area contributed by atoms with Gasteiger partial charge in [0, 0.05) is 6.42 Å². The SMILES string of the molecule is C=C(CCCCCCCCC)CCCCCC(=O)O. The number of allylic oxidation sites excluding steroid dienone is 1. The molecule has 0 bridgehead atoms. The van der Waals surface area contributed by atoms with Gasteiger partial charge in [0.1, 0.15) is 0 Å². The minimum absolute atomic E-state index is 0.310. The molecule has 19 heavy (non-hydrogen) atoms. The molecule has 0 unspecified atom stereocenters. The molecular formula is C17H32O2. The highest BCUT2D eigenvalue weighted by atomic mass is 16.4. The van der Waals surface area contributed by atoms with Crippen LogP contribution in [0.2, 0.25) is 0 Å². The Hall–Kier alpha value is -0.790. The van der Waals surface area contributed by atoms with E-state index < -0.39 is 5.97 Å². The van der Waals surface area contributed by atoms with Crippen LogP contribution in [-0.2, 0) is 4.79 Å². The third kappa shape index (κ3) is 15.2. The van der Waals surface area contributed by atoms with E-state index in [4.69, 9.17) is 5.11 Å². The number of hydrogen-bond acceptors (Lipinski definition) is 1. The quantitative estimate of drug-likeness (QED) is 0.323. The van der Waals surface area contributed by atoms with E-state index in [1.54, 1.807) is 0 Å². The zero-order valence-corrected chi connectivity index (χ0v) is 12.8. The fourth-order valence-electron chi connectivity index (χ4n) is 2.29. The molecule has 1 N–H and O–H groups in total. The van der Waals surface area contributed by atoms with Gasteiger partial charge in [-0.25, -0.2) is 0 Å². The van der Waals surface area contributed by atoms with Crippen molar-refractivity contribution in [2.45, 2.75) is 90.4 Å². The van der Waals surface area contributed by atoms with E-state index >= 15 is 0 Å². The van der Waals surface area contributed by atoms with Crippen molar-refractivity contribution < 1.29 is 9.90 Å². The topological polar surface area (TPSA) is 37.3 Å². The summed E-state index contributed by atoms with van der Waals surface area (Å²) in [5.41, 5.74) is 1.35. The zero-order chi connectivity index (χ0) is 14.3. The van der Waals surface area contributed by atoms with Gasteiger partial charge in [0.25, 0.3) is 0 Å². The number of rotatable bonds is 14. The molecule has 0 aliphatic rings. The predicted molar refractivity (Wildman–Crippen MR) is 82.5 cm³/mol. The molecule has 112 valence electrons. The predicted octanol–water partition coefficient (Wildman–Crippen LogP) is 5.72. The van der Waals surface area contributed by atoms with Crippen molar-refractivity contribution in [3.63, 3.8) is 0 Å². The second kappa shape index (κ2) is 13.6. The van der Waals surface area contributed by atoms with Gasteiger partial charge in [0.2, 0.25) is 0 Å². The smallest absolute Gasteiger partial charge is 0.303 e. The van der Waals surface area contributed by atoms with E-state index in [-0.39, 0.29) is 0 Å². The minimum Gasteiger partial charge on any atom is -0.481 e. The lowest BCUT2D eigenvalue weighted by atomic mass is 10.0. The van der Waals surface area contributed by atoms with Crippen LogP contribution in [0.1, 0.15) is 90.4 Å². The second-order valence-corrected chi connectivity index (χ2v) is 5.58. The Bertz CT molecular complexity index is 233. The van der Waals surface area contributed by atoms with Crippen molar-refractivity contribution in [1.82, 2.24) is 0 Å². The molecule has 0 saturated heterocycles. The van der Waals surface area contributed by atoms with Gasteiger partial charge in [-0.3, -0.25) is 4.79 Å². The van der Waals surface area contributed by atoms with Gasteiger partial charge >= 0.3 is 5.97 Å². The lowest BCUT2D eigenvalue weighted by molar-refractivity contribution is -0.137. The molecule has 0 aromatic rings. The van der Waals surface area contributed by atoms with Crippen molar-refractivity contribution in [3.8, 4) is 0 Å². The first-order chi connectivity index (χ1) is 9.16. The second-order valence-electron chi connectivity index (χ2n) is 5.58. The van der Waals surface area contributed by atoms with Gasteiger partial charge < -0.3 is 5.11 Å². The normalized spacial score (nSPS) is 10.6. The molecule has 0 aliphatic heterocycles. The minimum atomic E-state index is -0.679. The van der Waals surface area contributed by atoms with Crippen LogP contribution in [0.3, 0.4) is 0 Å². The standard InChI is InChI=1S/C17H32O2/c1-3-4-5-6-7-8-10-13-16(2)14-11-9-12-15-17(18)19/h2-15H2,1H3,(H,18,19). The van der Waals surface area contributed by atoms with E-state index in [1.807, 2.05) is 0 Å². The number of carbonyl (C=O) groups is 1. The molecule has 0 rings (SSSR count). The maximum Gasteiger partial charge on any atom is 0.303 e. The molecule has 0 amide bonds. The third-order valence-electron chi connectivity index (χ3n) is 3.55. The lowest BCUT2D eigenvalue weighted by Crippen LogP contribution is -1.93. The summed E-state index contributed by atoms with van der Waals surface area (Å²) in [7, 11) is 0. The van der Waals surface area contributed by atoms with E-state index in [9.17, 15) is 4.79 Å².